The van der Waals surface area contributed by atoms with E-state index in [9.17, 15) is 0 Å². The van der Waals surface area contributed by atoms with Gasteiger partial charge in [0.25, 0.3) is 0 Å². The molecule has 3 rings (SSSR count). The Labute approximate surface area is 121 Å². The predicted octanol–water partition coefficient (Wildman–Crippen LogP) is 2.91. The number of methoxy groups -OCH3 is 1. The summed E-state index contributed by atoms with van der Waals surface area (Å²) >= 11 is 0. The lowest BCUT2D eigenvalue weighted by molar-refractivity contribution is 0.152. The zero-order chi connectivity index (χ0) is 13.8. The molecule has 0 unspecified atom stereocenters. The highest BCUT2D eigenvalue weighted by Crippen LogP contribution is 2.34. The fourth-order valence-corrected chi connectivity index (χ4v) is 3.52. The molecule has 2 saturated heterocycles. The molecule has 3 heteroatoms. The van der Waals surface area contributed by atoms with Gasteiger partial charge in [0.2, 0.25) is 0 Å². The first kappa shape index (κ1) is 13.9. The molecule has 0 spiro atoms. The molecule has 0 aromatic heterocycles. The average Bonchev–Trinajstić information content (AvgIpc) is 3.01. The summed E-state index contributed by atoms with van der Waals surface area (Å²) in [5.74, 6) is 2.47. The molecule has 1 atom stereocenters. The van der Waals surface area contributed by atoms with E-state index in [1.807, 2.05) is 0 Å². The highest BCUT2D eigenvalue weighted by Gasteiger charge is 2.25. The Morgan fingerprint density at radius 3 is 2.70 bits per heavy atom. The van der Waals surface area contributed by atoms with Crippen molar-refractivity contribution in [1.29, 1.82) is 0 Å². The van der Waals surface area contributed by atoms with E-state index in [4.69, 9.17) is 9.47 Å². The van der Waals surface area contributed by atoms with Gasteiger partial charge in [0.15, 0.2) is 0 Å². The number of nitrogens with zero attached hydrogens (tertiary/aromatic N) is 1. The van der Waals surface area contributed by atoms with Crippen LogP contribution in [0.1, 0.15) is 30.7 Å². The highest BCUT2D eigenvalue weighted by molar-refractivity contribution is 5.36. The predicted molar refractivity (Wildman–Crippen MR) is 80.3 cm³/mol. The van der Waals surface area contributed by atoms with Gasteiger partial charge in [-0.25, -0.2) is 0 Å². The van der Waals surface area contributed by atoms with Crippen LogP contribution in [0.15, 0.2) is 24.3 Å². The average molecular weight is 275 g/mol. The summed E-state index contributed by atoms with van der Waals surface area (Å²) in [7, 11) is 1.77. The molecule has 3 nitrogen and oxygen atoms in total. The maximum absolute atomic E-state index is 5.50. The standard InChI is InChI=1S/C17H25NO2/c1-19-17-5-3-2-4-16(17)15-6-9-18(10-7-15)12-14-8-11-20-13-14/h2-5,14-15H,6-13H2,1H3/t14-/m0/s1. The third-order valence-corrected chi connectivity index (χ3v) is 4.71. The van der Waals surface area contributed by atoms with Gasteiger partial charge in [0.05, 0.1) is 13.7 Å². The Bertz CT molecular complexity index is 421. The Morgan fingerprint density at radius 2 is 2.00 bits per heavy atom. The molecule has 2 heterocycles. The van der Waals surface area contributed by atoms with E-state index in [1.165, 1.54) is 44.5 Å². The van der Waals surface area contributed by atoms with Gasteiger partial charge in [-0.05, 0) is 55.8 Å². The number of piperidine rings is 1. The van der Waals surface area contributed by atoms with Crippen molar-refractivity contribution in [3.8, 4) is 5.75 Å². The van der Waals surface area contributed by atoms with Crippen LogP contribution < -0.4 is 4.74 Å². The monoisotopic (exact) mass is 275 g/mol. The van der Waals surface area contributed by atoms with Crippen molar-refractivity contribution < 1.29 is 9.47 Å². The van der Waals surface area contributed by atoms with Crippen molar-refractivity contribution in [2.75, 3.05) is 40.0 Å². The van der Waals surface area contributed by atoms with Crippen LogP contribution >= 0.6 is 0 Å². The number of hydrogen-bond donors (Lipinski definition) is 0. The Kier molecular flexibility index (Phi) is 4.58. The SMILES string of the molecule is COc1ccccc1C1CCN(C[C@@H]2CCOC2)CC1. The van der Waals surface area contributed by atoms with Crippen molar-refractivity contribution in [2.45, 2.75) is 25.2 Å². The molecular formula is C17H25NO2. The molecule has 2 fully saturated rings. The summed E-state index contributed by atoms with van der Waals surface area (Å²) in [4.78, 5) is 2.62. The van der Waals surface area contributed by atoms with Crippen LogP contribution in [0.4, 0.5) is 0 Å². The third-order valence-electron chi connectivity index (χ3n) is 4.71. The van der Waals surface area contributed by atoms with Gasteiger partial charge < -0.3 is 14.4 Å². The molecule has 0 amide bonds. The molecule has 0 bridgehead atoms. The minimum Gasteiger partial charge on any atom is -0.496 e. The van der Waals surface area contributed by atoms with Gasteiger partial charge in [-0.1, -0.05) is 18.2 Å². The van der Waals surface area contributed by atoms with Crippen LogP contribution in [0.3, 0.4) is 0 Å². The summed E-state index contributed by atoms with van der Waals surface area (Å²) in [5.41, 5.74) is 1.39. The summed E-state index contributed by atoms with van der Waals surface area (Å²) in [5, 5.41) is 0. The Balaban J connectivity index is 1.55. The Hall–Kier alpha value is -1.06. The molecular weight excluding hydrogens is 250 g/mol. The molecule has 2 aliphatic heterocycles. The normalized spacial score (nSPS) is 24.9. The number of rotatable bonds is 4. The third kappa shape index (κ3) is 3.15. The topological polar surface area (TPSA) is 21.7 Å². The van der Waals surface area contributed by atoms with E-state index in [0.29, 0.717) is 5.92 Å². The number of para-hydroxylation sites is 1. The summed E-state index contributed by atoms with van der Waals surface area (Å²) < 4.78 is 11.0. The van der Waals surface area contributed by atoms with Crippen LogP contribution in [0.25, 0.3) is 0 Å². The fraction of sp³-hybridized carbons (Fsp3) is 0.647. The number of likely N-dealkylation sites (tertiary alicyclic amines) is 1. The second-order valence-corrected chi connectivity index (χ2v) is 6.05. The van der Waals surface area contributed by atoms with Crippen molar-refractivity contribution in [2.24, 2.45) is 5.92 Å². The van der Waals surface area contributed by atoms with Crippen LogP contribution in [-0.2, 0) is 4.74 Å². The lowest BCUT2D eigenvalue weighted by Crippen LogP contribution is -2.36. The first-order valence-electron chi connectivity index (χ1n) is 7.80. The zero-order valence-corrected chi connectivity index (χ0v) is 12.4. The molecule has 0 radical (unpaired) electrons. The Morgan fingerprint density at radius 1 is 1.20 bits per heavy atom. The van der Waals surface area contributed by atoms with Crippen molar-refractivity contribution in [3.63, 3.8) is 0 Å². The second-order valence-electron chi connectivity index (χ2n) is 6.05. The summed E-state index contributed by atoms with van der Waals surface area (Å²) in [6.07, 6.45) is 3.73. The lowest BCUT2D eigenvalue weighted by Gasteiger charge is -2.33. The number of hydrogen-bond acceptors (Lipinski definition) is 3. The quantitative estimate of drug-likeness (QED) is 0.843. The minimum atomic E-state index is 0.655. The van der Waals surface area contributed by atoms with E-state index in [2.05, 4.69) is 29.2 Å². The van der Waals surface area contributed by atoms with Crippen molar-refractivity contribution in [1.82, 2.24) is 4.90 Å². The fourth-order valence-electron chi connectivity index (χ4n) is 3.52. The van der Waals surface area contributed by atoms with Crippen LogP contribution in [0.2, 0.25) is 0 Å². The van der Waals surface area contributed by atoms with Gasteiger partial charge in [0, 0.05) is 13.2 Å². The molecule has 0 aliphatic carbocycles. The van der Waals surface area contributed by atoms with E-state index in [0.717, 1.165) is 24.9 Å². The first-order chi connectivity index (χ1) is 9.86. The van der Waals surface area contributed by atoms with E-state index in [-0.39, 0.29) is 0 Å². The maximum atomic E-state index is 5.50. The summed E-state index contributed by atoms with van der Waals surface area (Å²) in [6, 6.07) is 8.49. The van der Waals surface area contributed by atoms with Gasteiger partial charge in [-0.15, -0.1) is 0 Å². The minimum absolute atomic E-state index is 0.655. The molecule has 20 heavy (non-hydrogen) atoms. The molecule has 1 aromatic rings. The number of benzene rings is 1. The van der Waals surface area contributed by atoms with Gasteiger partial charge in [-0.2, -0.15) is 0 Å². The highest BCUT2D eigenvalue weighted by atomic mass is 16.5. The molecule has 1 aromatic carbocycles. The molecule has 0 N–H and O–H groups in total. The van der Waals surface area contributed by atoms with Gasteiger partial charge in [-0.3, -0.25) is 0 Å². The van der Waals surface area contributed by atoms with Gasteiger partial charge >= 0.3 is 0 Å². The number of ether oxygens (including phenoxy) is 2. The molecule has 0 saturated carbocycles. The lowest BCUT2D eigenvalue weighted by atomic mass is 9.88. The van der Waals surface area contributed by atoms with Gasteiger partial charge in [0.1, 0.15) is 5.75 Å². The van der Waals surface area contributed by atoms with Crippen LogP contribution in [0.5, 0.6) is 5.75 Å². The smallest absolute Gasteiger partial charge is 0.122 e. The van der Waals surface area contributed by atoms with Crippen molar-refractivity contribution >= 4 is 0 Å². The molecule has 2 aliphatic rings. The molecule has 110 valence electrons. The van der Waals surface area contributed by atoms with E-state index < -0.39 is 0 Å². The maximum Gasteiger partial charge on any atom is 0.122 e. The second kappa shape index (κ2) is 6.59. The van der Waals surface area contributed by atoms with E-state index in [1.54, 1.807) is 7.11 Å². The van der Waals surface area contributed by atoms with Crippen molar-refractivity contribution in [3.05, 3.63) is 29.8 Å². The zero-order valence-electron chi connectivity index (χ0n) is 12.4. The largest absolute Gasteiger partial charge is 0.496 e. The van der Waals surface area contributed by atoms with Crippen LogP contribution in [-0.4, -0.2) is 44.9 Å². The van der Waals surface area contributed by atoms with E-state index >= 15 is 0 Å². The summed E-state index contributed by atoms with van der Waals surface area (Å²) in [6.45, 7) is 5.56. The first-order valence-corrected chi connectivity index (χ1v) is 7.80. The van der Waals surface area contributed by atoms with Crippen LogP contribution in [0, 0.1) is 5.92 Å².